The van der Waals surface area contributed by atoms with Crippen LogP contribution in [0.4, 0.5) is 0 Å². The third-order valence-electron chi connectivity index (χ3n) is 13.8. The van der Waals surface area contributed by atoms with Gasteiger partial charge >= 0.3 is 0 Å². The van der Waals surface area contributed by atoms with Crippen molar-refractivity contribution < 1.29 is 0 Å². The standard InChI is InChI=1S/C69H46N4/c1-3-17-47(18-4-1)51-21-11-24-54(41-51)56-26-13-23-53(43-56)49-37-39-50(40-38-49)67-70-68(72-69(71-67)61-31-16-32-62(46-61)73-65-35-9-7-33-63(65)64-34-8-10-36-66(64)73)60-30-15-29-59(45-60)58-28-14-27-57(44-58)55-25-12-22-52(42-55)48-19-5-2-6-20-48/h1-46H. The van der Waals surface area contributed by atoms with E-state index in [4.69, 9.17) is 15.0 Å². The third-order valence-corrected chi connectivity index (χ3v) is 13.8. The van der Waals surface area contributed by atoms with Gasteiger partial charge in [0, 0.05) is 33.2 Å². The molecule has 2 aromatic heterocycles. The Hall–Kier alpha value is -9.77. The monoisotopic (exact) mass is 930 g/mol. The fraction of sp³-hybridized carbons (Fsp3) is 0. The van der Waals surface area contributed by atoms with Crippen molar-refractivity contribution in [3.63, 3.8) is 0 Å². The lowest BCUT2D eigenvalue weighted by Crippen LogP contribution is -2.01. The van der Waals surface area contributed by atoms with E-state index in [-0.39, 0.29) is 0 Å². The largest absolute Gasteiger partial charge is 0.309 e. The van der Waals surface area contributed by atoms with Crippen LogP contribution < -0.4 is 0 Å². The number of hydrogen-bond donors (Lipinski definition) is 0. The van der Waals surface area contributed by atoms with Gasteiger partial charge in [0.15, 0.2) is 17.5 Å². The molecule has 13 rings (SSSR count). The summed E-state index contributed by atoms with van der Waals surface area (Å²) < 4.78 is 2.33. The van der Waals surface area contributed by atoms with Gasteiger partial charge in [-0.05, 0) is 121 Å². The van der Waals surface area contributed by atoms with Crippen molar-refractivity contribution in [1.29, 1.82) is 0 Å². The molecule has 0 atom stereocenters. The van der Waals surface area contributed by atoms with Gasteiger partial charge in [-0.1, -0.05) is 224 Å². The first kappa shape index (κ1) is 43.3. The molecule has 0 aliphatic heterocycles. The van der Waals surface area contributed by atoms with Crippen molar-refractivity contribution in [2.75, 3.05) is 0 Å². The van der Waals surface area contributed by atoms with Crippen LogP contribution >= 0.6 is 0 Å². The Bertz CT molecular complexity index is 4080. The van der Waals surface area contributed by atoms with Crippen molar-refractivity contribution in [2.24, 2.45) is 0 Å². The Morgan fingerprint density at radius 1 is 0.192 bits per heavy atom. The van der Waals surface area contributed by atoms with Crippen molar-refractivity contribution in [3.05, 3.63) is 279 Å². The van der Waals surface area contributed by atoms with E-state index >= 15 is 0 Å². The van der Waals surface area contributed by atoms with Crippen LogP contribution in [0, 0.1) is 0 Å². The first-order valence-electron chi connectivity index (χ1n) is 24.7. The van der Waals surface area contributed by atoms with Crippen LogP contribution in [0.1, 0.15) is 0 Å². The van der Waals surface area contributed by atoms with Gasteiger partial charge in [-0.2, -0.15) is 0 Å². The zero-order chi connectivity index (χ0) is 48.5. The maximum absolute atomic E-state index is 5.28. The lowest BCUT2D eigenvalue weighted by Gasteiger charge is -2.13. The topological polar surface area (TPSA) is 43.6 Å². The molecule has 0 aliphatic carbocycles. The molecule has 0 saturated carbocycles. The minimum atomic E-state index is 0.600. The first-order chi connectivity index (χ1) is 36.1. The summed E-state index contributed by atoms with van der Waals surface area (Å²) in [5.41, 5.74) is 19.9. The number of hydrogen-bond acceptors (Lipinski definition) is 3. The normalized spacial score (nSPS) is 11.3. The van der Waals surface area contributed by atoms with E-state index in [1.54, 1.807) is 0 Å². The lowest BCUT2D eigenvalue weighted by atomic mass is 9.95. The molecule has 0 amide bonds. The van der Waals surface area contributed by atoms with E-state index in [0.717, 1.165) is 61.2 Å². The summed E-state index contributed by atoms with van der Waals surface area (Å²) in [7, 11) is 0. The summed E-state index contributed by atoms with van der Waals surface area (Å²) in [4.78, 5) is 15.8. The molecule has 0 radical (unpaired) electrons. The minimum absolute atomic E-state index is 0.600. The number of para-hydroxylation sites is 2. The molecule has 342 valence electrons. The van der Waals surface area contributed by atoms with Gasteiger partial charge in [0.1, 0.15) is 0 Å². The maximum atomic E-state index is 5.28. The fourth-order valence-corrected chi connectivity index (χ4v) is 10.2. The highest BCUT2D eigenvalue weighted by molar-refractivity contribution is 6.09. The van der Waals surface area contributed by atoms with Crippen molar-refractivity contribution >= 4 is 21.8 Å². The summed E-state index contributed by atoms with van der Waals surface area (Å²) in [6.45, 7) is 0. The molecule has 0 fully saturated rings. The molecule has 13 aromatic rings. The Balaban J connectivity index is 0.885. The van der Waals surface area contributed by atoms with Crippen molar-refractivity contribution in [2.45, 2.75) is 0 Å². The smallest absolute Gasteiger partial charge is 0.164 e. The van der Waals surface area contributed by atoms with E-state index in [2.05, 4.69) is 284 Å². The van der Waals surface area contributed by atoms with Crippen LogP contribution in [0.2, 0.25) is 0 Å². The summed E-state index contributed by atoms with van der Waals surface area (Å²) in [6, 6.07) is 99.0. The number of benzene rings is 11. The Kier molecular flexibility index (Phi) is 11.2. The van der Waals surface area contributed by atoms with E-state index in [1.807, 2.05) is 0 Å². The van der Waals surface area contributed by atoms with Gasteiger partial charge < -0.3 is 4.57 Å². The SMILES string of the molecule is c1ccc(-c2cccc(-c3cccc(-c4ccc(-c5nc(-c6cccc(-c7cccc(-c8cccc(-c9ccccc9)c8)c7)c6)nc(-c6cccc(-n7c8ccccc8c8ccccc87)c6)n5)cc4)c3)c2)cc1. The molecular formula is C69H46N4. The second kappa shape index (κ2) is 18.9. The average Bonchev–Trinajstić information content (AvgIpc) is 3.82. The van der Waals surface area contributed by atoms with Crippen LogP contribution in [-0.2, 0) is 0 Å². The van der Waals surface area contributed by atoms with E-state index in [1.165, 1.54) is 49.7 Å². The molecule has 0 bridgehead atoms. The van der Waals surface area contributed by atoms with Gasteiger partial charge in [-0.25, -0.2) is 15.0 Å². The van der Waals surface area contributed by atoms with Crippen LogP contribution in [0.3, 0.4) is 0 Å². The van der Waals surface area contributed by atoms with Gasteiger partial charge in [0.05, 0.1) is 11.0 Å². The highest BCUT2D eigenvalue weighted by atomic mass is 15.0. The zero-order valence-corrected chi connectivity index (χ0v) is 39.8. The molecule has 4 heteroatoms. The predicted molar refractivity (Wildman–Crippen MR) is 303 cm³/mol. The third kappa shape index (κ3) is 8.58. The Morgan fingerprint density at radius 3 is 0.890 bits per heavy atom. The van der Waals surface area contributed by atoms with Crippen LogP contribution in [0.25, 0.3) is 128 Å². The quantitative estimate of drug-likeness (QED) is 0.137. The zero-order valence-electron chi connectivity index (χ0n) is 39.8. The summed E-state index contributed by atoms with van der Waals surface area (Å²) >= 11 is 0. The number of fused-ring (bicyclic) bond motifs is 3. The Morgan fingerprint density at radius 2 is 0.466 bits per heavy atom. The van der Waals surface area contributed by atoms with Crippen molar-refractivity contribution in [1.82, 2.24) is 19.5 Å². The molecule has 0 spiro atoms. The molecule has 73 heavy (non-hydrogen) atoms. The molecule has 0 saturated heterocycles. The molecule has 11 aromatic carbocycles. The molecule has 4 nitrogen and oxygen atoms in total. The van der Waals surface area contributed by atoms with Gasteiger partial charge in [0.2, 0.25) is 0 Å². The van der Waals surface area contributed by atoms with Crippen LogP contribution in [0.15, 0.2) is 279 Å². The van der Waals surface area contributed by atoms with Crippen molar-refractivity contribution in [3.8, 4) is 107 Å². The molecule has 0 aliphatic rings. The molecule has 0 unspecified atom stereocenters. The number of rotatable bonds is 10. The van der Waals surface area contributed by atoms with E-state index in [0.29, 0.717) is 17.5 Å². The Labute approximate surface area is 424 Å². The molecular weight excluding hydrogens is 885 g/mol. The highest BCUT2D eigenvalue weighted by Gasteiger charge is 2.17. The predicted octanol–water partition coefficient (Wildman–Crippen LogP) is 18.0. The van der Waals surface area contributed by atoms with Crippen LogP contribution in [0.5, 0.6) is 0 Å². The minimum Gasteiger partial charge on any atom is -0.309 e. The molecule has 0 N–H and O–H groups in total. The summed E-state index contributed by atoms with van der Waals surface area (Å²) in [6.07, 6.45) is 0. The van der Waals surface area contributed by atoms with E-state index in [9.17, 15) is 0 Å². The first-order valence-corrected chi connectivity index (χ1v) is 24.7. The number of aromatic nitrogens is 4. The second-order valence-electron chi connectivity index (χ2n) is 18.4. The summed E-state index contributed by atoms with van der Waals surface area (Å²) in [5, 5.41) is 2.43. The maximum Gasteiger partial charge on any atom is 0.164 e. The molecule has 2 heterocycles. The fourth-order valence-electron chi connectivity index (χ4n) is 10.2. The lowest BCUT2D eigenvalue weighted by molar-refractivity contribution is 1.07. The van der Waals surface area contributed by atoms with Crippen LogP contribution in [-0.4, -0.2) is 19.5 Å². The average molecular weight is 931 g/mol. The second-order valence-corrected chi connectivity index (χ2v) is 18.4. The van der Waals surface area contributed by atoms with Gasteiger partial charge in [-0.15, -0.1) is 0 Å². The summed E-state index contributed by atoms with van der Waals surface area (Å²) in [5.74, 6) is 1.80. The van der Waals surface area contributed by atoms with Gasteiger partial charge in [-0.3, -0.25) is 0 Å². The number of nitrogens with zero attached hydrogens (tertiary/aromatic N) is 4. The van der Waals surface area contributed by atoms with Gasteiger partial charge in [0.25, 0.3) is 0 Å². The van der Waals surface area contributed by atoms with E-state index < -0.39 is 0 Å². The highest BCUT2D eigenvalue weighted by Crippen LogP contribution is 2.36.